The van der Waals surface area contributed by atoms with Crippen LogP contribution < -0.4 is 19.7 Å². The lowest BCUT2D eigenvalue weighted by Gasteiger charge is -2.23. The Hall–Kier alpha value is -3.13. The van der Waals surface area contributed by atoms with Gasteiger partial charge in [0.1, 0.15) is 17.5 Å². The topological polar surface area (TPSA) is 95.1 Å². The molecule has 2 N–H and O–H groups in total. The maximum Gasteiger partial charge on any atom is 0.279 e. The van der Waals surface area contributed by atoms with Crippen molar-refractivity contribution in [2.75, 3.05) is 32.6 Å². The minimum atomic E-state index is -0.465. The molecule has 1 fully saturated rings. The summed E-state index contributed by atoms with van der Waals surface area (Å²) in [5, 5.41) is 13.5. The van der Waals surface area contributed by atoms with Gasteiger partial charge in [0.2, 0.25) is 0 Å². The van der Waals surface area contributed by atoms with E-state index < -0.39 is 4.92 Å². The number of nitro groups is 1. The number of carbonyl (C=O) groups excluding carboxylic acids is 1. The van der Waals surface area contributed by atoms with Crippen LogP contribution in [0.25, 0.3) is 0 Å². The minimum absolute atomic E-state index is 0.00479. The van der Waals surface area contributed by atoms with Gasteiger partial charge in [0.15, 0.2) is 6.54 Å². The van der Waals surface area contributed by atoms with Gasteiger partial charge in [-0.2, -0.15) is 0 Å². The predicted molar refractivity (Wildman–Crippen MR) is 104 cm³/mol. The number of nitrogens with one attached hydrogen (secondary N) is 2. The summed E-state index contributed by atoms with van der Waals surface area (Å²) in [6, 6.07) is 11.8. The molecule has 0 aromatic heterocycles. The van der Waals surface area contributed by atoms with Crippen LogP contribution in [0.1, 0.15) is 24.4 Å². The molecule has 0 spiro atoms. The van der Waals surface area contributed by atoms with E-state index in [0.717, 1.165) is 36.4 Å². The number of benzene rings is 2. The van der Waals surface area contributed by atoms with Crippen LogP contribution in [0.3, 0.4) is 0 Å². The van der Waals surface area contributed by atoms with E-state index in [-0.39, 0.29) is 17.6 Å². The maximum atomic E-state index is 12.5. The number of methoxy groups -OCH3 is 2. The molecule has 2 aromatic rings. The number of hydrogen-bond acceptors (Lipinski definition) is 5. The van der Waals surface area contributed by atoms with E-state index in [0.29, 0.717) is 12.2 Å². The zero-order valence-electron chi connectivity index (χ0n) is 15.9. The van der Waals surface area contributed by atoms with Gasteiger partial charge in [-0.05, 0) is 24.3 Å². The summed E-state index contributed by atoms with van der Waals surface area (Å²) >= 11 is 0. The molecule has 2 atom stereocenters. The first-order chi connectivity index (χ1) is 13.5. The highest BCUT2D eigenvalue weighted by Crippen LogP contribution is 2.31. The van der Waals surface area contributed by atoms with Gasteiger partial charge in [-0.15, -0.1) is 0 Å². The molecular weight excluding hydrogens is 362 g/mol. The highest BCUT2D eigenvalue weighted by molar-refractivity contribution is 5.91. The summed E-state index contributed by atoms with van der Waals surface area (Å²) in [6.07, 6.45) is 2.00. The van der Waals surface area contributed by atoms with E-state index >= 15 is 0 Å². The van der Waals surface area contributed by atoms with Crippen LogP contribution in [0.15, 0.2) is 42.5 Å². The van der Waals surface area contributed by atoms with Crippen molar-refractivity contribution in [2.24, 2.45) is 0 Å². The molecule has 1 aliphatic rings. The van der Waals surface area contributed by atoms with E-state index in [1.165, 1.54) is 17.0 Å². The van der Waals surface area contributed by atoms with Gasteiger partial charge in [0, 0.05) is 36.7 Å². The number of nitro benzene ring substituents is 1. The third-order valence-electron chi connectivity index (χ3n) is 5.05. The summed E-state index contributed by atoms with van der Waals surface area (Å²) in [4.78, 5) is 23.9. The number of non-ortho nitro benzene ring substituents is 1. The lowest BCUT2D eigenvalue weighted by molar-refractivity contribution is -0.910. The van der Waals surface area contributed by atoms with Crippen molar-refractivity contribution in [1.82, 2.24) is 0 Å². The van der Waals surface area contributed by atoms with Gasteiger partial charge in [0.05, 0.1) is 31.3 Å². The molecule has 148 valence electrons. The Labute approximate surface area is 163 Å². The molecule has 8 heteroatoms. The normalized spacial score (nSPS) is 18.5. The van der Waals surface area contributed by atoms with Crippen molar-refractivity contribution in [1.29, 1.82) is 0 Å². The van der Waals surface area contributed by atoms with E-state index in [4.69, 9.17) is 9.47 Å². The quantitative estimate of drug-likeness (QED) is 0.560. The highest BCUT2D eigenvalue weighted by Gasteiger charge is 2.33. The molecule has 1 aliphatic heterocycles. The molecular formula is C20H24N3O5+. The standard InChI is InChI=1S/C20H23N3O5/c1-27-16-9-10-17(19(12-16)28-2)18-4-3-11-22(18)13-20(24)21-14-5-7-15(8-6-14)23(25)26/h5-10,12,18H,3-4,11,13H2,1-2H3,(H,21,24)/p+1/t18-/m0/s1. The summed E-state index contributed by atoms with van der Waals surface area (Å²) in [6.45, 7) is 1.21. The molecule has 0 radical (unpaired) electrons. The van der Waals surface area contributed by atoms with Gasteiger partial charge in [0.25, 0.3) is 11.6 Å². The monoisotopic (exact) mass is 386 g/mol. The van der Waals surface area contributed by atoms with Crippen LogP contribution in [0.4, 0.5) is 11.4 Å². The smallest absolute Gasteiger partial charge is 0.279 e. The molecule has 3 rings (SSSR count). The second kappa shape index (κ2) is 8.71. The predicted octanol–water partition coefficient (Wildman–Crippen LogP) is 1.97. The van der Waals surface area contributed by atoms with Crippen molar-refractivity contribution in [3.63, 3.8) is 0 Å². The molecule has 1 saturated heterocycles. The molecule has 2 aromatic carbocycles. The van der Waals surface area contributed by atoms with Crippen molar-refractivity contribution >= 4 is 17.3 Å². The molecule has 1 unspecified atom stereocenters. The first kappa shape index (κ1) is 19.6. The number of hydrogen-bond donors (Lipinski definition) is 2. The Morgan fingerprint density at radius 3 is 2.61 bits per heavy atom. The SMILES string of the molecule is COc1ccc([C@@H]2CCC[NH+]2CC(=O)Nc2ccc([N+](=O)[O-])cc2)c(OC)c1. The van der Waals surface area contributed by atoms with Gasteiger partial charge in [-0.1, -0.05) is 0 Å². The van der Waals surface area contributed by atoms with Crippen molar-refractivity contribution in [3.05, 3.63) is 58.1 Å². The molecule has 28 heavy (non-hydrogen) atoms. The fourth-order valence-corrected chi connectivity index (χ4v) is 3.68. The number of nitrogens with zero attached hydrogens (tertiary/aromatic N) is 1. The van der Waals surface area contributed by atoms with Crippen LogP contribution in [-0.2, 0) is 4.79 Å². The number of carbonyl (C=O) groups is 1. The number of amides is 1. The summed E-state index contributed by atoms with van der Waals surface area (Å²) in [7, 11) is 3.25. The third-order valence-corrected chi connectivity index (χ3v) is 5.05. The Bertz CT molecular complexity index is 853. The number of rotatable bonds is 7. The Balaban J connectivity index is 1.68. The highest BCUT2D eigenvalue weighted by atomic mass is 16.6. The fourth-order valence-electron chi connectivity index (χ4n) is 3.68. The Morgan fingerprint density at radius 2 is 1.96 bits per heavy atom. The van der Waals surface area contributed by atoms with Gasteiger partial charge >= 0.3 is 0 Å². The molecule has 0 bridgehead atoms. The minimum Gasteiger partial charge on any atom is -0.497 e. The van der Waals surface area contributed by atoms with Crippen molar-refractivity contribution in [3.8, 4) is 11.5 Å². The van der Waals surface area contributed by atoms with Crippen LogP contribution in [0.2, 0.25) is 0 Å². The van der Waals surface area contributed by atoms with Crippen molar-refractivity contribution < 1.29 is 24.1 Å². The largest absolute Gasteiger partial charge is 0.497 e. The second-order valence-corrected chi connectivity index (χ2v) is 6.74. The average Bonchev–Trinajstić information content (AvgIpc) is 3.15. The summed E-state index contributed by atoms with van der Waals surface area (Å²) in [5.74, 6) is 1.37. The number of ether oxygens (including phenoxy) is 2. The summed E-state index contributed by atoms with van der Waals surface area (Å²) < 4.78 is 10.8. The van der Waals surface area contributed by atoms with Crippen LogP contribution in [-0.4, -0.2) is 38.1 Å². The van der Waals surface area contributed by atoms with Gasteiger partial charge < -0.3 is 19.7 Å². The molecule has 0 aliphatic carbocycles. The maximum absolute atomic E-state index is 12.5. The number of quaternary nitrogens is 1. The molecule has 0 saturated carbocycles. The first-order valence-corrected chi connectivity index (χ1v) is 9.12. The zero-order valence-corrected chi connectivity index (χ0v) is 15.9. The second-order valence-electron chi connectivity index (χ2n) is 6.74. The van der Waals surface area contributed by atoms with E-state index in [9.17, 15) is 14.9 Å². The van der Waals surface area contributed by atoms with E-state index in [2.05, 4.69) is 5.32 Å². The zero-order chi connectivity index (χ0) is 20.1. The fraction of sp³-hybridized carbons (Fsp3) is 0.350. The lowest BCUT2D eigenvalue weighted by atomic mass is 10.0. The first-order valence-electron chi connectivity index (χ1n) is 9.12. The van der Waals surface area contributed by atoms with Crippen LogP contribution >= 0.6 is 0 Å². The van der Waals surface area contributed by atoms with Gasteiger partial charge in [-0.25, -0.2) is 0 Å². The lowest BCUT2D eigenvalue weighted by Crippen LogP contribution is -3.11. The average molecular weight is 386 g/mol. The number of anilines is 1. The Kier molecular flexibility index (Phi) is 6.10. The van der Waals surface area contributed by atoms with E-state index in [1.807, 2.05) is 18.2 Å². The van der Waals surface area contributed by atoms with Gasteiger partial charge in [-0.3, -0.25) is 14.9 Å². The summed E-state index contributed by atoms with van der Waals surface area (Å²) in [5.41, 5.74) is 1.61. The molecule has 1 amide bonds. The molecule has 8 nitrogen and oxygen atoms in total. The third kappa shape index (κ3) is 4.40. The Morgan fingerprint density at radius 1 is 1.21 bits per heavy atom. The van der Waals surface area contributed by atoms with Crippen LogP contribution in [0, 0.1) is 10.1 Å². The van der Waals surface area contributed by atoms with Crippen molar-refractivity contribution in [2.45, 2.75) is 18.9 Å². The van der Waals surface area contributed by atoms with Crippen LogP contribution in [0.5, 0.6) is 11.5 Å². The van der Waals surface area contributed by atoms with E-state index in [1.54, 1.807) is 26.4 Å². The number of likely N-dealkylation sites (tertiary alicyclic amines) is 1. The molecule has 1 heterocycles.